The highest BCUT2D eigenvalue weighted by Crippen LogP contribution is 2.22. The van der Waals surface area contributed by atoms with Crippen molar-refractivity contribution in [1.29, 1.82) is 0 Å². The molecule has 1 aromatic carbocycles. The molecule has 1 aromatic heterocycles. The molecule has 14 heavy (non-hydrogen) atoms. The summed E-state index contributed by atoms with van der Waals surface area (Å²) < 4.78 is 1.29. The second kappa shape index (κ2) is 4.07. The molecule has 0 atom stereocenters. The number of benzene rings is 1. The Balaban J connectivity index is 2.38. The first-order valence-electron chi connectivity index (χ1n) is 4.78. The monoisotopic (exact) mass is 206 g/mol. The fraction of sp³-hybridized carbons (Fsp3) is 0.364. The second-order valence-corrected chi connectivity index (χ2v) is 4.34. The van der Waals surface area contributed by atoms with E-state index in [1.165, 1.54) is 15.8 Å². The van der Waals surface area contributed by atoms with Crippen LogP contribution < -0.4 is 5.32 Å². The Hall–Kier alpha value is -0.930. The Morgan fingerprint density at radius 3 is 3.07 bits per heavy atom. The highest BCUT2D eigenvalue weighted by atomic mass is 32.1. The molecule has 0 unspecified atom stereocenters. The topological polar surface area (TPSA) is 24.9 Å². The standard InChI is InChI=1S/C11H14N2S/c1-8-5-11-10(13-7-14-11)6-9(8)3-4-12-2/h5-7,12H,3-4H2,1-2H3. The Morgan fingerprint density at radius 1 is 1.43 bits per heavy atom. The lowest BCUT2D eigenvalue weighted by Gasteiger charge is -2.04. The van der Waals surface area contributed by atoms with Crippen LogP contribution in [0.15, 0.2) is 17.6 Å². The summed E-state index contributed by atoms with van der Waals surface area (Å²) in [6.45, 7) is 3.20. The van der Waals surface area contributed by atoms with Crippen LogP contribution in [-0.4, -0.2) is 18.6 Å². The largest absolute Gasteiger partial charge is 0.319 e. The molecule has 2 nitrogen and oxygen atoms in total. The number of thiazole rings is 1. The van der Waals surface area contributed by atoms with Crippen molar-refractivity contribution >= 4 is 21.6 Å². The minimum Gasteiger partial charge on any atom is -0.319 e. The highest BCUT2D eigenvalue weighted by molar-refractivity contribution is 7.16. The average Bonchev–Trinajstić information content (AvgIpc) is 2.61. The average molecular weight is 206 g/mol. The van der Waals surface area contributed by atoms with Gasteiger partial charge in [0.1, 0.15) is 0 Å². The van der Waals surface area contributed by atoms with E-state index in [1.807, 2.05) is 12.6 Å². The van der Waals surface area contributed by atoms with Gasteiger partial charge in [-0.1, -0.05) is 0 Å². The van der Waals surface area contributed by atoms with E-state index in [0.29, 0.717) is 0 Å². The maximum absolute atomic E-state index is 4.33. The summed E-state index contributed by atoms with van der Waals surface area (Å²) in [5.74, 6) is 0. The van der Waals surface area contributed by atoms with Gasteiger partial charge in [0.05, 0.1) is 15.7 Å². The van der Waals surface area contributed by atoms with Gasteiger partial charge < -0.3 is 5.32 Å². The van der Waals surface area contributed by atoms with E-state index in [1.54, 1.807) is 11.3 Å². The number of hydrogen-bond donors (Lipinski definition) is 1. The molecule has 0 radical (unpaired) electrons. The second-order valence-electron chi connectivity index (χ2n) is 3.45. The van der Waals surface area contributed by atoms with Crippen molar-refractivity contribution < 1.29 is 0 Å². The van der Waals surface area contributed by atoms with Crippen LogP contribution >= 0.6 is 11.3 Å². The van der Waals surface area contributed by atoms with Crippen LogP contribution in [0.3, 0.4) is 0 Å². The smallest absolute Gasteiger partial charge is 0.0814 e. The molecular formula is C11H14N2S. The number of nitrogens with one attached hydrogen (secondary N) is 1. The third-order valence-corrected chi connectivity index (χ3v) is 3.23. The van der Waals surface area contributed by atoms with Crippen molar-refractivity contribution in [3.8, 4) is 0 Å². The molecule has 0 aliphatic carbocycles. The number of hydrogen-bond acceptors (Lipinski definition) is 3. The van der Waals surface area contributed by atoms with E-state index < -0.39 is 0 Å². The molecule has 3 heteroatoms. The lowest BCUT2D eigenvalue weighted by Crippen LogP contribution is -2.10. The molecule has 1 heterocycles. The van der Waals surface area contributed by atoms with Crippen molar-refractivity contribution in [1.82, 2.24) is 10.3 Å². The first kappa shape index (κ1) is 9.62. The van der Waals surface area contributed by atoms with Gasteiger partial charge in [0.15, 0.2) is 0 Å². The van der Waals surface area contributed by atoms with Crippen LogP contribution in [0, 0.1) is 6.92 Å². The number of nitrogens with zero attached hydrogens (tertiary/aromatic N) is 1. The van der Waals surface area contributed by atoms with Crippen LogP contribution in [-0.2, 0) is 6.42 Å². The minimum absolute atomic E-state index is 1.02. The van der Waals surface area contributed by atoms with Gasteiger partial charge in [0.25, 0.3) is 0 Å². The summed E-state index contributed by atoms with van der Waals surface area (Å²) in [6.07, 6.45) is 1.08. The van der Waals surface area contributed by atoms with Crippen LogP contribution in [0.25, 0.3) is 10.2 Å². The molecule has 0 saturated heterocycles. The van der Waals surface area contributed by atoms with E-state index in [4.69, 9.17) is 0 Å². The quantitative estimate of drug-likeness (QED) is 0.834. The number of fused-ring (bicyclic) bond motifs is 1. The van der Waals surface area contributed by atoms with Crippen LogP contribution in [0.2, 0.25) is 0 Å². The zero-order valence-corrected chi connectivity index (χ0v) is 9.32. The number of aromatic nitrogens is 1. The SMILES string of the molecule is CNCCc1cc2ncsc2cc1C. The molecule has 0 bridgehead atoms. The molecule has 2 aromatic rings. The molecule has 74 valence electrons. The zero-order chi connectivity index (χ0) is 9.97. The molecule has 2 rings (SSSR count). The van der Waals surface area contributed by atoms with Crippen molar-refractivity contribution in [2.45, 2.75) is 13.3 Å². The minimum atomic E-state index is 1.02. The number of likely N-dealkylation sites (N-methyl/N-ethyl adjacent to an activating group) is 1. The Kier molecular flexibility index (Phi) is 2.79. The van der Waals surface area contributed by atoms with Gasteiger partial charge in [-0.2, -0.15) is 0 Å². The molecule has 1 N–H and O–H groups in total. The molecule has 0 aliphatic rings. The number of aryl methyl sites for hydroxylation is 1. The molecule has 0 spiro atoms. The Labute approximate surface area is 88.0 Å². The third-order valence-electron chi connectivity index (χ3n) is 2.43. The lowest BCUT2D eigenvalue weighted by molar-refractivity contribution is 0.789. The summed E-state index contributed by atoms with van der Waals surface area (Å²) in [5.41, 5.74) is 5.81. The van der Waals surface area contributed by atoms with E-state index in [2.05, 4.69) is 29.4 Å². The van der Waals surface area contributed by atoms with Gasteiger partial charge >= 0.3 is 0 Å². The Morgan fingerprint density at radius 2 is 2.29 bits per heavy atom. The van der Waals surface area contributed by atoms with Crippen LogP contribution in [0.1, 0.15) is 11.1 Å². The molecule has 0 fully saturated rings. The molecule has 0 aliphatic heterocycles. The maximum Gasteiger partial charge on any atom is 0.0814 e. The van der Waals surface area contributed by atoms with E-state index in [0.717, 1.165) is 18.5 Å². The maximum atomic E-state index is 4.33. The van der Waals surface area contributed by atoms with Crippen molar-refractivity contribution in [2.75, 3.05) is 13.6 Å². The van der Waals surface area contributed by atoms with Gasteiger partial charge in [-0.3, -0.25) is 0 Å². The summed E-state index contributed by atoms with van der Waals surface area (Å²) in [4.78, 5) is 4.33. The first-order chi connectivity index (χ1) is 6.81. The van der Waals surface area contributed by atoms with Gasteiger partial charge in [-0.25, -0.2) is 4.98 Å². The van der Waals surface area contributed by atoms with Gasteiger partial charge in [0.2, 0.25) is 0 Å². The summed E-state index contributed by atoms with van der Waals surface area (Å²) in [5, 5.41) is 3.17. The van der Waals surface area contributed by atoms with Crippen LogP contribution in [0.4, 0.5) is 0 Å². The normalized spacial score (nSPS) is 11.0. The van der Waals surface area contributed by atoms with Gasteiger partial charge in [0, 0.05) is 0 Å². The van der Waals surface area contributed by atoms with Gasteiger partial charge in [-0.15, -0.1) is 11.3 Å². The van der Waals surface area contributed by atoms with Crippen LogP contribution in [0.5, 0.6) is 0 Å². The van der Waals surface area contributed by atoms with E-state index >= 15 is 0 Å². The predicted octanol–water partition coefficient (Wildman–Crippen LogP) is 2.37. The van der Waals surface area contributed by atoms with Crippen molar-refractivity contribution in [3.05, 3.63) is 28.8 Å². The summed E-state index contributed by atoms with van der Waals surface area (Å²) in [6, 6.07) is 4.44. The fourth-order valence-electron chi connectivity index (χ4n) is 1.58. The van der Waals surface area contributed by atoms with Crippen molar-refractivity contribution in [3.63, 3.8) is 0 Å². The third kappa shape index (κ3) is 1.79. The molecular weight excluding hydrogens is 192 g/mol. The Bertz CT molecular complexity index is 434. The number of rotatable bonds is 3. The van der Waals surface area contributed by atoms with E-state index in [-0.39, 0.29) is 0 Å². The molecule has 0 saturated carbocycles. The highest BCUT2D eigenvalue weighted by Gasteiger charge is 2.02. The first-order valence-corrected chi connectivity index (χ1v) is 5.66. The fourth-order valence-corrected chi connectivity index (χ4v) is 2.33. The summed E-state index contributed by atoms with van der Waals surface area (Å²) in [7, 11) is 1.98. The van der Waals surface area contributed by atoms with Crippen molar-refractivity contribution in [2.24, 2.45) is 0 Å². The predicted molar refractivity (Wildman–Crippen MR) is 62.0 cm³/mol. The summed E-state index contributed by atoms with van der Waals surface area (Å²) >= 11 is 1.71. The zero-order valence-electron chi connectivity index (χ0n) is 8.50. The van der Waals surface area contributed by atoms with Gasteiger partial charge in [-0.05, 0) is 50.2 Å². The molecule has 0 amide bonds. The van der Waals surface area contributed by atoms with E-state index in [9.17, 15) is 0 Å². The lowest BCUT2D eigenvalue weighted by atomic mass is 10.1.